The van der Waals surface area contributed by atoms with Crippen LogP contribution in [0.5, 0.6) is 0 Å². The molecule has 0 aliphatic heterocycles. The molecular weight excluding hydrogens is 300 g/mol. The predicted octanol–water partition coefficient (Wildman–Crippen LogP) is 3.75. The molecule has 112 valence electrons. The fourth-order valence-electron chi connectivity index (χ4n) is 1.75. The van der Waals surface area contributed by atoms with Gasteiger partial charge >= 0.3 is 0 Å². The molecule has 0 aromatic heterocycles. The summed E-state index contributed by atoms with van der Waals surface area (Å²) in [5, 5.41) is 0. The number of hydrogen-bond donors (Lipinski definition) is 2. The lowest BCUT2D eigenvalue weighted by atomic mass is 10.3. The number of nitrogens with two attached hydrogens (primary N) is 2. The quantitative estimate of drug-likeness (QED) is 0.440. The monoisotopic (exact) mass is 320 g/mol. The van der Waals surface area contributed by atoms with Gasteiger partial charge in [-0.2, -0.15) is 0 Å². The van der Waals surface area contributed by atoms with Crippen molar-refractivity contribution in [1.29, 1.82) is 0 Å². The molecule has 0 spiro atoms. The van der Waals surface area contributed by atoms with E-state index in [4.69, 9.17) is 16.2 Å². The van der Waals surface area contributed by atoms with Gasteiger partial charge in [-0.25, -0.2) is 0 Å². The van der Waals surface area contributed by atoms with Gasteiger partial charge < -0.3 is 16.2 Å². The summed E-state index contributed by atoms with van der Waals surface area (Å²) >= 11 is 3.45. The van der Waals surface area contributed by atoms with E-state index in [-0.39, 0.29) is 0 Å². The van der Waals surface area contributed by atoms with Crippen molar-refractivity contribution in [2.24, 2.45) is 0 Å². The third-order valence-corrected chi connectivity index (χ3v) is 4.92. The van der Waals surface area contributed by atoms with Crippen LogP contribution in [-0.2, 0) is 4.74 Å². The molecule has 21 heavy (non-hydrogen) atoms. The Labute approximate surface area is 134 Å². The van der Waals surface area contributed by atoms with Crippen LogP contribution in [0.1, 0.15) is 0 Å². The number of ether oxygens (including phenoxy) is 1. The lowest BCUT2D eigenvalue weighted by Crippen LogP contribution is -2.02. The lowest BCUT2D eigenvalue weighted by Gasteiger charge is -2.07. The van der Waals surface area contributed by atoms with Gasteiger partial charge in [-0.05, 0) is 24.3 Å². The van der Waals surface area contributed by atoms with E-state index < -0.39 is 0 Å². The summed E-state index contributed by atoms with van der Waals surface area (Å²) in [5.74, 6) is 1.82. The zero-order chi connectivity index (χ0) is 14.9. The van der Waals surface area contributed by atoms with Gasteiger partial charge in [0.15, 0.2) is 0 Å². The van der Waals surface area contributed by atoms with Crippen molar-refractivity contribution in [1.82, 2.24) is 0 Å². The van der Waals surface area contributed by atoms with E-state index >= 15 is 0 Å². The SMILES string of the molecule is Nc1ccccc1SCCOCCSc1ccccc1N. The van der Waals surface area contributed by atoms with Crippen LogP contribution in [0.25, 0.3) is 0 Å². The zero-order valence-corrected chi connectivity index (χ0v) is 13.5. The van der Waals surface area contributed by atoms with E-state index in [2.05, 4.69) is 0 Å². The van der Waals surface area contributed by atoms with Gasteiger partial charge in [0.25, 0.3) is 0 Å². The van der Waals surface area contributed by atoms with Crippen molar-refractivity contribution in [3.05, 3.63) is 48.5 Å². The van der Waals surface area contributed by atoms with Crippen molar-refractivity contribution in [2.75, 3.05) is 36.2 Å². The van der Waals surface area contributed by atoms with Gasteiger partial charge in [-0.3, -0.25) is 0 Å². The summed E-state index contributed by atoms with van der Waals surface area (Å²) in [6, 6.07) is 15.8. The standard InChI is InChI=1S/C16H20N2OS2/c17-13-5-1-3-7-15(13)20-11-9-19-10-12-21-16-8-4-2-6-14(16)18/h1-8H,9-12,17-18H2. The Hall–Kier alpha value is -1.30. The molecule has 5 heteroatoms. The van der Waals surface area contributed by atoms with E-state index in [1.807, 2.05) is 48.5 Å². The maximum atomic E-state index is 5.88. The van der Waals surface area contributed by atoms with Gasteiger partial charge in [0.1, 0.15) is 0 Å². The van der Waals surface area contributed by atoms with Gasteiger partial charge in [0.05, 0.1) is 13.2 Å². The Morgan fingerprint density at radius 1 is 0.714 bits per heavy atom. The number of benzene rings is 2. The third kappa shape index (κ3) is 5.53. The van der Waals surface area contributed by atoms with Crippen LogP contribution in [0.15, 0.2) is 58.3 Å². The molecular formula is C16H20N2OS2. The fourth-order valence-corrected chi connectivity index (χ4v) is 3.41. The summed E-state index contributed by atoms with van der Waals surface area (Å²) in [5.41, 5.74) is 13.4. The number of nitrogen functional groups attached to an aromatic ring is 2. The smallest absolute Gasteiger partial charge is 0.0560 e. The van der Waals surface area contributed by atoms with Crippen LogP contribution in [0.2, 0.25) is 0 Å². The molecule has 0 aliphatic carbocycles. The van der Waals surface area contributed by atoms with Crippen LogP contribution in [-0.4, -0.2) is 24.7 Å². The summed E-state index contributed by atoms with van der Waals surface area (Å²) in [4.78, 5) is 2.24. The molecule has 0 saturated heterocycles. The molecule has 0 atom stereocenters. The van der Waals surface area contributed by atoms with Crippen LogP contribution in [0.4, 0.5) is 11.4 Å². The van der Waals surface area contributed by atoms with Crippen molar-refractivity contribution < 1.29 is 4.74 Å². The first-order valence-corrected chi connectivity index (χ1v) is 8.77. The minimum Gasteiger partial charge on any atom is -0.398 e. The minimum atomic E-state index is 0.726. The second kappa shape index (κ2) is 8.87. The molecule has 2 aromatic rings. The predicted molar refractivity (Wildman–Crippen MR) is 94.0 cm³/mol. The molecule has 0 fully saturated rings. The summed E-state index contributed by atoms with van der Waals surface area (Å²) in [7, 11) is 0. The van der Waals surface area contributed by atoms with Crippen LogP contribution < -0.4 is 11.5 Å². The molecule has 0 radical (unpaired) electrons. The van der Waals surface area contributed by atoms with E-state index in [1.54, 1.807) is 23.5 Å². The van der Waals surface area contributed by atoms with Crippen molar-refractivity contribution in [2.45, 2.75) is 9.79 Å². The molecule has 0 aliphatic rings. The Bertz CT molecular complexity index is 514. The molecule has 0 unspecified atom stereocenters. The summed E-state index contributed by atoms with van der Waals surface area (Å²) in [6.45, 7) is 1.45. The zero-order valence-electron chi connectivity index (χ0n) is 11.8. The van der Waals surface area contributed by atoms with E-state index in [0.717, 1.165) is 45.9 Å². The van der Waals surface area contributed by atoms with Crippen molar-refractivity contribution >= 4 is 34.9 Å². The van der Waals surface area contributed by atoms with Crippen LogP contribution in [0.3, 0.4) is 0 Å². The molecule has 2 aromatic carbocycles. The van der Waals surface area contributed by atoms with Crippen molar-refractivity contribution in [3.8, 4) is 0 Å². The molecule has 0 saturated carbocycles. The second-order valence-corrected chi connectivity index (χ2v) is 6.66. The van der Waals surface area contributed by atoms with Gasteiger partial charge in [-0.15, -0.1) is 23.5 Å². The Balaban J connectivity index is 1.57. The van der Waals surface area contributed by atoms with Crippen LogP contribution >= 0.6 is 23.5 Å². The van der Waals surface area contributed by atoms with Gasteiger partial charge in [0, 0.05) is 32.7 Å². The van der Waals surface area contributed by atoms with Crippen molar-refractivity contribution in [3.63, 3.8) is 0 Å². The number of thioether (sulfide) groups is 2. The first kappa shape index (κ1) is 16.1. The van der Waals surface area contributed by atoms with E-state index in [0.29, 0.717) is 0 Å². The number of anilines is 2. The Morgan fingerprint density at radius 3 is 1.57 bits per heavy atom. The average Bonchev–Trinajstić information content (AvgIpc) is 2.50. The third-order valence-electron chi connectivity index (χ3n) is 2.81. The Morgan fingerprint density at radius 2 is 1.14 bits per heavy atom. The highest BCUT2D eigenvalue weighted by Crippen LogP contribution is 2.25. The maximum absolute atomic E-state index is 5.88. The number of rotatable bonds is 8. The van der Waals surface area contributed by atoms with E-state index in [1.165, 1.54) is 0 Å². The second-order valence-electron chi connectivity index (χ2n) is 4.38. The minimum absolute atomic E-state index is 0.726. The first-order chi connectivity index (χ1) is 10.3. The molecule has 2 rings (SSSR count). The van der Waals surface area contributed by atoms with Crippen LogP contribution in [0, 0.1) is 0 Å². The largest absolute Gasteiger partial charge is 0.398 e. The highest BCUT2D eigenvalue weighted by molar-refractivity contribution is 7.99. The average molecular weight is 320 g/mol. The molecule has 0 heterocycles. The molecule has 4 N–H and O–H groups in total. The van der Waals surface area contributed by atoms with Gasteiger partial charge in [0.2, 0.25) is 0 Å². The highest BCUT2D eigenvalue weighted by atomic mass is 32.2. The number of hydrogen-bond acceptors (Lipinski definition) is 5. The molecule has 0 amide bonds. The summed E-state index contributed by atoms with van der Waals surface area (Å²) < 4.78 is 5.63. The molecule has 0 bridgehead atoms. The lowest BCUT2D eigenvalue weighted by molar-refractivity contribution is 0.167. The maximum Gasteiger partial charge on any atom is 0.0560 e. The molecule has 3 nitrogen and oxygen atoms in total. The highest BCUT2D eigenvalue weighted by Gasteiger charge is 2.00. The Kier molecular flexibility index (Phi) is 6.79. The van der Waals surface area contributed by atoms with E-state index in [9.17, 15) is 0 Å². The first-order valence-electron chi connectivity index (χ1n) is 6.79. The topological polar surface area (TPSA) is 61.3 Å². The fraction of sp³-hybridized carbons (Fsp3) is 0.250. The number of para-hydroxylation sites is 2. The normalized spacial score (nSPS) is 10.7. The van der Waals surface area contributed by atoms with Gasteiger partial charge in [-0.1, -0.05) is 24.3 Å². The summed E-state index contributed by atoms with van der Waals surface area (Å²) in [6.07, 6.45) is 0.